The number of rotatable bonds is 6. The predicted molar refractivity (Wildman–Crippen MR) is 126 cm³/mol. The van der Waals surface area contributed by atoms with Gasteiger partial charge in [0.1, 0.15) is 6.54 Å². The molecule has 11 nitrogen and oxygen atoms in total. The highest BCUT2D eigenvalue weighted by Gasteiger charge is 2.20. The number of amides is 2. The Bertz CT molecular complexity index is 1580. The number of fused-ring (bicyclic) bond motifs is 1. The van der Waals surface area contributed by atoms with Crippen LogP contribution >= 0.6 is 0 Å². The molecule has 0 saturated carbocycles. The zero-order chi connectivity index (χ0) is 24.9. The lowest BCUT2D eigenvalue weighted by Gasteiger charge is -2.13. The van der Waals surface area contributed by atoms with Gasteiger partial charge < -0.3 is 4.57 Å². The van der Waals surface area contributed by atoms with Crippen molar-refractivity contribution >= 4 is 23.0 Å². The van der Waals surface area contributed by atoms with Crippen molar-refractivity contribution in [3.63, 3.8) is 0 Å². The minimum absolute atomic E-state index is 0.158. The Kier molecular flexibility index (Phi) is 6.55. The third-order valence-corrected chi connectivity index (χ3v) is 5.38. The van der Waals surface area contributed by atoms with Gasteiger partial charge in [-0.1, -0.05) is 36.4 Å². The number of hydrogen-bond donors (Lipinski definition) is 2. The summed E-state index contributed by atoms with van der Waals surface area (Å²) in [6.07, 6.45) is 1.48. The number of aryl methyl sites for hydroxylation is 1. The van der Waals surface area contributed by atoms with Crippen LogP contribution in [0.15, 0.2) is 70.5 Å². The molecule has 0 aliphatic rings. The second kappa shape index (κ2) is 9.88. The van der Waals surface area contributed by atoms with E-state index in [0.29, 0.717) is 6.54 Å². The van der Waals surface area contributed by atoms with Gasteiger partial charge in [0.15, 0.2) is 11.2 Å². The van der Waals surface area contributed by atoms with Crippen LogP contribution in [-0.4, -0.2) is 30.5 Å². The highest BCUT2D eigenvalue weighted by Crippen LogP contribution is 2.09. The summed E-state index contributed by atoms with van der Waals surface area (Å²) in [6.45, 7) is 1.82. The van der Waals surface area contributed by atoms with E-state index in [1.54, 1.807) is 10.6 Å². The van der Waals surface area contributed by atoms with Crippen LogP contribution in [0.3, 0.4) is 0 Å². The molecule has 4 rings (SSSR count). The summed E-state index contributed by atoms with van der Waals surface area (Å²) in [5.41, 5.74) is 4.79. The molecule has 2 heterocycles. The molecule has 0 aliphatic carbocycles. The zero-order valence-corrected chi connectivity index (χ0v) is 18.8. The van der Waals surface area contributed by atoms with Crippen molar-refractivity contribution in [3.05, 3.63) is 98.5 Å². The van der Waals surface area contributed by atoms with Crippen molar-refractivity contribution in [3.8, 4) is 6.07 Å². The summed E-state index contributed by atoms with van der Waals surface area (Å²) in [6, 6.07) is 17.1. The number of nitrogens with zero attached hydrogens (tertiary/aromatic N) is 5. The highest BCUT2D eigenvalue weighted by molar-refractivity contribution is 5.95. The van der Waals surface area contributed by atoms with E-state index < -0.39 is 29.6 Å². The van der Waals surface area contributed by atoms with Crippen LogP contribution in [0.4, 0.5) is 0 Å². The minimum Gasteiger partial charge on any atom is -0.325 e. The molecule has 0 bridgehead atoms. The van der Waals surface area contributed by atoms with E-state index in [-0.39, 0.29) is 28.8 Å². The van der Waals surface area contributed by atoms with E-state index in [0.717, 1.165) is 10.1 Å². The second-order valence-corrected chi connectivity index (χ2v) is 7.64. The molecular formula is C24H21N7O4. The lowest BCUT2D eigenvalue weighted by molar-refractivity contribution is -0.122. The largest absolute Gasteiger partial charge is 0.333 e. The van der Waals surface area contributed by atoms with E-state index in [4.69, 9.17) is 5.26 Å². The maximum atomic E-state index is 13.3. The van der Waals surface area contributed by atoms with Gasteiger partial charge in [-0.2, -0.15) is 5.26 Å². The van der Waals surface area contributed by atoms with Gasteiger partial charge in [0, 0.05) is 12.1 Å². The van der Waals surface area contributed by atoms with Gasteiger partial charge in [0.25, 0.3) is 17.4 Å². The maximum Gasteiger partial charge on any atom is 0.333 e. The van der Waals surface area contributed by atoms with E-state index in [2.05, 4.69) is 15.8 Å². The average Bonchev–Trinajstić information content (AvgIpc) is 3.32. The first-order valence-corrected chi connectivity index (χ1v) is 10.7. The van der Waals surface area contributed by atoms with Gasteiger partial charge in [0.2, 0.25) is 0 Å². The van der Waals surface area contributed by atoms with Crippen LogP contribution in [0.25, 0.3) is 11.2 Å². The number of carbonyl (C=O) groups is 2. The molecule has 2 N–H and O–H groups in total. The quantitative estimate of drug-likeness (QED) is 0.397. The fourth-order valence-electron chi connectivity index (χ4n) is 3.64. The predicted octanol–water partition coefficient (Wildman–Crippen LogP) is 0.761. The molecule has 2 aromatic heterocycles. The lowest BCUT2D eigenvalue weighted by atomic mass is 10.1. The normalized spacial score (nSPS) is 10.6. The number of hydrazine groups is 1. The Morgan fingerprint density at radius 3 is 2.51 bits per heavy atom. The van der Waals surface area contributed by atoms with E-state index in [9.17, 15) is 19.2 Å². The molecule has 2 amide bonds. The van der Waals surface area contributed by atoms with Crippen molar-refractivity contribution in [2.75, 3.05) is 0 Å². The first kappa shape index (κ1) is 23.2. The summed E-state index contributed by atoms with van der Waals surface area (Å²) in [4.78, 5) is 55.5. The number of carbonyl (C=O) groups excluding carboxylic acids is 2. The van der Waals surface area contributed by atoms with Gasteiger partial charge >= 0.3 is 5.69 Å². The number of imidazole rings is 1. The molecule has 0 saturated heterocycles. The Morgan fingerprint density at radius 1 is 1.03 bits per heavy atom. The molecule has 11 heteroatoms. The van der Waals surface area contributed by atoms with Crippen molar-refractivity contribution in [1.82, 2.24) is 29.5 Å². The summed E-state index contributed by atoms with van der Waals surface area (Å²) in [7, 11) is 0. The highest BCUT2D eigenvalue weighted by atomic mass is 16.2. The third kappa shape index (κ3) is 4.72. The number of hydrogen-bond acceptors (Lipinski definition) is 6. The van der Waals surface area contributed by atoms with Gasteiger partial charge in [-0.25, -0.2) is 14.3 Å². The van der Waals surface area contributed by atoms with Crippen LogP contribution in [-0.2, 0) is 24.4 Å². The Balaban J connectivity index is 1.62. The number of nitrogens with one attached hydrogen (secondary N) is 2. The fourth-order valence-corrected chi connectivity index (χ4v) is 3.64. The Morgan fingerprint density at radius 2 is 1.80 bits per heavy atom. The molecule has 0 atom stereocenters. The average molecular weight is 471 g/mol. The second-order valence-electron chi connectivity index (χ2n) is 7.64. The van der Waals surface area contributed by atoms with E-state index in [1.165, 1.54) is 29.1 Å². The molecule has 4 aromatic rings. The summed E-state index contributed by atoms with van der Waals surface area (Å²) in [5, 5.41) is 8.97. The van der Waals surface area contributed by atoms with Crippen LogP contribution in [0.5, 0.6) is 0 Å². The standard InChI is InChI=1S/C24H21N7O4/c1-2-29-15-26-21-20(29)23(34)31(24(35)30(21)13-16-7-4-3-5-8-16)14-19(32)27-28-22(33)18-10-6-9-17(11-18)12-25/h3-11,15H,2,13-14H2,1H3,(H,27,32)(H,28,33). The molecule has 0 aliphatic heterocycles. The number of benzene rings is 2. The molecule has 0 fully saturated rings. The van der Waals surface area contributed by atoms with Gasteiger partial charge in [-0.3, -0.25) is 29.8 Å². The van der Waals surface area contributed by atoms with Crippen LogP contribution in [0.2, 0.25) is 0 Å². The minimum atomic E-state index is -0.776. The first-order valence-electron chi connectivity index (χ1n) is 10.7. The monoisotopic (exact) mass is 471 g/mol. The lowest BCUT2D eigenvalue weighted by Crippen LogP contribution is -2.48. The maximum absolute atomic E-state index is 13.3. The van der Waals surface area contributed by atoms with Gasteiger partial charge in [-0.15, -0.1) is 0 Å². The SMILES string of the molecule is CCn1cnc2c1c(=O)n(CC(=O)NNC(=O)c1cccc(C#N)c1)c(=O)n2Cc1ccccc1. The Labute approximate surface area is 198 Å². The number of aromatic nitrogens is 4. The topological polar surface area (TPSA) is 144 Å². The van der Waals surface area contributed by atoms with Crippen LogP contribution in [0, 0.1) is 11.3 Å². The van der Waals surface area contributed by atoms with E-state index in [1.807, 2.05) is 43.3 Å². The Hall–Kier alpha value is -4.98. The molecule has 0 radical (unpaired) electrons. The van der Waals surface area contributed by atoms with Crippen molar-refractivity contribution in [2.24, 2.45) is 0 Å². The van der Waals surface area contributed by atoms with Crippen molar-refractivity contribution in [1.29, 1.82) is 5.26 Å². The van der Waals surface area contributed by atoms with Crippen LogP contribution in [0.1, 0.15) is 28.4 Å². The first-order chi connectivity index (χ1) is 16.9. The molecule has 2 aromatic carbocycles. The summed E-state index contributed by atoms with van der Waals surface area (Å²) >= 11 is 0. The number of nitriles is 1. The van der Waals surface area contributed by atoms with Gasteiger partial charge in [-0.05, 0) is 30.7 Å². The fraction of sp³-hybridized carbons (Fsp3) is 0.167. The zero-order valence-electron chi connectivity index (χ0n) is 18.8. The van der Waals surface area contributed by atoms with E-state index >= 15 is 0 Å². The molecule has 0 unspecified atom stereocenters. The van der Waals surface area contributed by atoms with Crippen LogP contribution < -0.4 is 22.1 Å². The van der Waals surface area contributed by atoms with Crippen molar-refractivity contribution < 1.29 is 9.59 Å². The molecule has 35 heavy (non-hydrogen) atoms. The molecule has 176 valence electrons. The van der Waals surface area contributed by atoms with Crippen molar-refractivity contribution in [2.45, 2.75) is 26.6 Å². The smallest absolute Gasteiger partial charge is 0.325 e. The summed E-state index contributed by atoms with van der Waals surface area (Å²) < 4.78 is 3.77. The third-order valence-electron chi connectivity index (χ3n) is 5.38. The molecular weight excluding hydrogens is 450 g/mol. The summed E-state index contributed by atoms with van der Waals surface area (Å²) in [5.74, 6) is -1.43. The molecule has 0 spiro atoms. The van der Waals surface area contributed by atoms with Gasteiger partial charge in [0.05, 0.1) is 24.5 Å².